The van der Waals surface area contributed by atoms with Gasteiger partial charge in [0, 0.05) is 25.1 Å². The lowest BCUT2D eigenvalue weighted by atomic mass is 9.85. The second-order valence-corrected chi connectivity index (χ2v) is 5.55. The Morgan fingerprint density at radius 2 is 1.95 bits per heavy atom. The zero-order chi connectivity index (χ0) is 14.4. The molecule has 0 heterocycles. The first-order valence-electron chi connectivity index (χ1n) is 7.41. The molecule has 1 aromatic carbocycles. The maximum atomic E-state index is 12.2. The predicted octanol–water partition coefficient (Wildman–Crippen LogP) is 1.36. The van der Waals surface area contributed by atoms with Gasteiger partial charge in [0.25, 0.3) is 0 Å². The van der Waals surface area contributed by atoms with E-state index in [1.807, 2.05) is 24.3 Å². The third-order valence-electron chi connectivity index (χ3n) is 4.18. The van der Waals surface area contributed by atoms with Gasteiger partial charge in [-0.3, -0.25) is 4.79 Å². The van der Waals surface area contributed by atoms with E-state index < -0.39 is 0 Å². The van der Waals surface area contributed by atoms with E-state index in [0.717, 1.165) is 36.8 Å². The Kier molecular flexibility index (Phi) is 5.56. The van der Waals surface area contributed by atoms with E-state index in [9.17, 15) is 9.90 Å². The monoisotopic (exact) mass is 276 g/mol. The zero-order valence-electron chi connectivity index (χ0n) is 11.8. The molecule has 1 aromatic rings. The molecule has 0 spiro atoms. The molecule has 0 saturated heterocycles. The van der Waals surface area contributed by atoms with Crippen LogP contribution in [-0.4, -0.2) is 23.7 Å². The molecule has 110 valence electrons. The molecule has 1 fully saturated rings. The standard InChI is InChI=1S/C16H24N2O2/c17-10-13-6-2-1-5-12(13)9-16(20)18-15-8-4-3-7-14(15)11-19/h1-2,5-6,14-15,19H,3-4,7-11,17H2,(H,18,20). The smallest absolute Gasteiger partial charge is 0.224 e. The number of amides is 1. The lowest BCUT2D eigenvalue weighted by Crippen LogP contribution is -2.44. The van der Waals surface area contributed by atoms with Crippen LogP contribution in [0.4, 0.5) is 0 Å². The molecule has 0 radical (unpaired) electrons. The fourth-order valence-electron chi connectivity index (χ4n) is 2.98. The van der Waals surface area contributed by atoms with Crippen LogP contribution in [0.1, 0.15) is 36.8 Å². The summed E-state index contributed by atoms with van der Waals surface area (Å²) < 4.78 is 0. The topological polar surface area (TPSA) is 75.4 Å². The van der Waals surface area contributed by atoms with Gasteiger partial charge in [-0.1, -0.05) is 37.1 Å². The Morgan fingerprint density at radius 1 is 1.25 bits per heavy atom. The summed E-state index contributed by atoms with van der Waals surface area (Å²) in [7, 11) is 0. The first kappa shape index (κ1) is 15.0. The Morgan fingerprint density at radius 3 is 2.65 bits per heavy atom. The first-order chi connectivity index (χ1) is 9.74. The summed E-state index contributed by atoms with van der Waals surface area (Å²) in [5, 5.41) is 12.5. The fraction of sp³-hybridized carbons (Fsp3) is 0.562. The first-order valence-corrected chi connectivity index (χ1v) is 7.41. The van der Waals surface area contributed by atoms with Crippen molar-refractivity contribution >= 4 is 5.91 Å². The van der Waals surface area contributed by atoms with Crippen LogP contribution in [0.25, 0.3) is 0 Å². The minimum atomic E-state index is 0.0243. The number of nitrogens with two attached hydrogens (primary N) is 1. The van der Waals surface area contributed by atoms with Crippen molar-refractivity contribution in [3.05, 3.63) is 35.4 Å². The summed E-state index contributed by atoms with van der Waals surface area (Å²) in [5.41, 5.74) is 7.70. The summed E-state index contributed by atoms with van der Waals surface area (Å²) in [6.45, 7) is 0.608. The average Bonchev–Trinajstić information content (AvgIpc) is 2.48. The Balaban J connectivity index is 1.94. The summed E-state index contributed by atoms with van der Waals surface area (Å²) >= 11 is 0. The van der Waals surface area contributed by atoms with Gasteiger partial charge in [-0.25, -0.2) is 0 Å². The van der Waals surface area contributed by atoms with Crippen LogP contribution < -0.4 is 11.1 Å². The highest BCUT2D eigenvalue weighted by Crippen LogP contribution is 2.24. The molecule has 1 aliphatic rings. The largest absolute Gasteiger partial charge is 0.396 e. The third kappa shape index (κ3) is 3.81. The molecular formula is C16H24N2O2. The molecule has 0 bridgehead atoms. The van der Waals surface area contributed by atoms with Crippen molar-refractivity contribution in [2.75, 3.05) is 6.61 Å². The van der Waals surface area contributed by atoms with Crippen LogP contribution in [0.15, 0.2) is 24.3 Å². The SMILES string of the molecule is NCc1ccccc1CC(=O)NC1CCCCC1CO. The zero-order valence-corrected chi connectivity index (χ0v) is 11.8. The molecular weight excluding hydrogens is 252 g/mol. The lowest BCUT2D eigenvalue weighted by molar-refractivity contribution is -0.121. The molecule has 4 N–H and O–H groups in total. The van der Waals surface area contributed by atoms with Crippen molar-refractivity contribution in [2.24, 2.45) is 11.7 Å². The third-order valence-corrected chi connectivity index (χ3v) is 4.18. The molecule has 2 rings (SSSR count). The Labute approximate surface area is 120 Å². The van der Waals surface area contributed by atoms with Crippen LogP contribution in [-0.2, 0) is 17.8 Å². The van der Waals surface area contributed by atoms with Crippen molar-refractivity contribution in [3.63, 3.8) is 0 Å². The second-order valence-electron chi connectivity index (χ2n) is 5.55. The van der Waals surface area contributed by atoms with Crippen LogP contribution in [0, 0.1) is 5.92 Å². The van der Waals surface area contributed by atoms with E-state index in [1.165, 1.54) is 0 Å². The molecule has 1 aliphatic carbocycles. The van der Waals surface area contributed by atoms with Crippen LogP contribution in [0.2, 0.25) is 0 Å². The number of benzene rings is 1. The predicted molar refractivity (Wildman–Crippen MR) is 79.0 cm³/mol. The van der Waals surface area contributed by atoms with E-state index in [4.69, 9.17) is 5.73 Å². The van der Waals surface area contributed by atoms with Gasteiger partial charge in [0.2, 0.25) is 5.91 Å². The highest BCUT2D eigenvalue weighted by molar-refractivity contribution is 5.79. The van der Waals surface area contributed by atoms with E-state index in [0.29, 0.717) is 13.0 Å². The van der Waals surface area contributed by atoms with Crippen LogP contribution in [0.3, 0.4) is 0 Å². The van der Waals surface area contributed by atoms with Gasteiger partial charge in [0.05, 0.1) is 6.42 Å². The number of nitrogens with one attached hydrogen (secondary N) is 1. The summed E-state index contributed by atoms with van der Waals surface area (Å²) in [4.78, 5) is 12.2. The van der Waals surface area contributed by atoms with Gasteiger partial charge in [-0.2, -0.15) is 0 Å². The minimum Gasteiger partial charge on any atom is -0.396 e. The van der Waals surface area contributed by atoms with Crippen molar-refractivity contribution in [3.8, 4) is 0 Å². The minimum absolute atomic E-state index is 0.0243. The number of carbonyl (C=O) groups is 1. The molecule has 2 unspecified atom stereocenters. The molecule has 1 amide bonds. The van der Waals surface area contributed by atoms with Gasteiger partial charge in [-0.05, 0) is 24.0 Å². The summed E-state index contributed by atoms with van der Waals surface area (Å²) in [5.74, 6) is 0.230. The molecule has 0 aliphatic heterocycles. The molecule has 0 aromatic heterocycles. The summed E-state index contributed by atoms with van der Waals surface area (Å²) in [6.07, 6.45) is 4.60. The average molecular weight is 276 g/mol. The Bertz CT molecular complexity index is 448. The van der Waals surface area contributed by atoms with Crippen molar-refractivity contribution < 1.29 is 9.90 Å². The highest BCUT2D eigenvalue weighted by atomic mass is 16.3. The summed E-state index contributed by atoms with van der Waals surface area (Å²) in [6, 6.07) is 7.89. The normalized spacial score (nSPS) is 22.5. The second kappa shape index (κ2) is 7.41. The number of rotatable bonds is 5. The van der Waals surface area contributed by atoms with Crippen molar-refractivity contribution in [1.82, 2.24) is 5.32 Å². The van der Waals surface area contributed by atoms with Gasteiger partial charge in [0.1, 0.15) is 0 Å². The molecule has 4 nitrogen and oxygen atoms in total. The van der Waals surface area contributed by atoms with Gasteiger partial charge in [0.15, 0.2) is 0 Å². The van der Waals surface area contributed by atoms with Crippen molar-refractivity contribution in [2.45, 2.75) is 44.7 Å². The number of carbonyl (C=O) groups excluding carboxylic acids is 1. The van der Waals surface area contributed by atoms with Gasteiger partial charge < -0.3 is 16.2 Å². The van der Waals surface area contributed by atoms with Crippen molar-refractivity contribution in [1.29, 1.82) is 0 Å². The fourth-order valence-corrected chi connectivity index (χ4v) is 2.98. The van der Waals surface area contributed by atoms with Gasteiger partial charge in [-0.15, -0.1) is 0 Å². The van der Waals surface area contributed by atoms with Gasteiger partial charge >= 0.3 is 0 Å². The number of aliphatic hydroxyl groups is 1. The maximum Gasteiger partial charge on any atom is 0.224 e. The maximum absolute atomic E-state index is 12.2. The van der Waals surface area contributed by atoms with E-state index in [-0.39, 0.29) is 24.5 Å². The molecule has 1 saturated carbocycles. The quantitative estimate of drug-likeness (QED) is 0.760. The van der Waals surface area contributed by atoms with E-state index in [1.54, 1.807) is 0 Å². The molecule has 4 heteroatoms. The van der Waals surface area contributed by atoms with Crippen LogP contribution >= 0.6 is 0 Å². The van der Waals surface area contributed by atoms with E-state index in [2.05, 4.69) is 5.32 Å². The molecule has 2 atom stereocenters. The van der Waals surface area contributed by atoms with Crippen LogP contribution in [0.5, 0.6) is 0 Å². The highest BCUT2D eigenvalue weighted by Gasteiger charge is 2.25. The number of hydrogen-bond donors (Lipinski definition) is 3. The lowest BCUT2D eigenvalue weighted by Gasteiger charge is -2.31. The number of hydrogen-bond acceptors (Lipinski definition) is 3. The number of aliphatic hydroxyl groups excluding tert-OH is 1. The van der Waals surface area contributed by atoms with E-state index >= 15 is 0 Å². The Hall–Kier alpha value is -1.39. The molecule has 20 heavy (non-hydrogen) atoms.